The summed E-state index contributed by atoms with van der Waals surface area (Å²) < 4.78 is 9.06. The number of aryl methyl sites for hydroxylation is 8. The van der Waals surface area contributed by atoms with Gasteiger partial charge in [0.1, 0.15) is 28.2 Å². The first-order valence-corrected chi connectivity index (χ1v) is 34.7. The molecule has 0 N–H and O–H groups in total. The largest absolute Gasteiger partial charge is 0.212 e. The number of benzene rings is 4. The van der Waals surface area contributed by atoms with E-state index in [1.54, 1.807) is 11.1 Å². The average molecular weight is 1200 g/mol. The summed E-state index contributed by atoms with van der Waals surface area (Å²) in [6, 6.07) is 46.2. The minimum Gasteiger partial charge on any atom is -0.201 e. The Bertz CT molecular complexity index is 3480. The van der Waals surface area contributed by atoms with Crippen molar-refractivity contribution in [3.05, 3.63) is 213 Å². The van der Waals surface area contributed by atoms with Gasteiger partial charge in [-0.05, 0) is 213 Å². The van der Waals surface area contributed by atoms with Crippen LogP contribution in [0.3, 0.4) is 0 Å². The Morgan fingerprint density at radius 3 is 0.933 bits per heavy atom. The van der Waals surface area contributed by atoms with Crippen LogP contribution in [0, 0.1) is 33.1 Å². The molecule has 0 bridgehead atoms. The lowest BCUT2D eigenvalue weighted by atomic mass is 9.83. The van der Waals surface area contributed by atoms with E-state index in [-0.39, 0.29) is 0 Å². The number of aromatic nitrogens is 4. The second-order valence-electron chi connectivity index (χ2n) is 29.4. The summed E-state index contributed by atoms with van der Waals surface area (Å²) in [5.41, 5.74) is 28.0. The van der Waals surface area contributed by atoms with Crippen molar-refractivity contribution in [2.24, 2.45) is 33.6 Å². The molecule has 0 saturated heterocycles. The van der Waals surface area contributed by atoms with Crippen molar-refractivity contribution in [1.29, 1.82) is 0 Å². The van der Waals surface area contributed by atoms with Crippen molar-refractivity contribution in [2.45, 2.75) is 236 Å². The second-order valence-corrected chi connectivity index (χ2v) is 29.4. The highest BCUT2D eigenvalue weighted by atomic mass is 14.9. The fourth-order valence-corrected chi connectivity index (χ4v) is 13.9. The average Bonchev–Trinajstić information content (AvgIpc) is 2.17. The predicted octanol–water partition coefficient (Wildman–Crippen LogP) is 21.6. The minimum absolute atomic E-state index is 0.331. The predicted molar refractivity (Wildman–Crippen MR) is 381 cm³/mol. The molecular formula is C85H118N4+4. The Morgan fingerprint density at radius 2 is 0.652 bits per heavy atom. The summed E-state index contributed by atoms with van der Waals surface area (Å²) in [7, 11) is 8.61. The third-order valence-corrected chi connectivity index (χ3v) is 19.5. The van der Waals surface area contributed by atoms with E-state index in [0.29, 0.717) is 35.0 Å². The Morgan fingerprint density at radius 1 is 0.360 bits per heavy atom. The third-order valence-electron chi connectivity index (χ3n) is 19.5. The Hall–Kier alpha value is -6.52. The molecule has 10 rings (SSSR count). The highest BCUT2D eigenvalue weighted by molar-refractivity contribution is 5.65. The van der Waals surface area contributed by atoms with E-state index in [9.17, 15) is 0 Å². The topological polar surface area (TPSA) is 15.5 Å². The van der Waals surface area contributed by atoms with E-state index in [4.69, 9.17) is 0 Å². The van der Waals surface area contributed by atoms with Crippen molar-refractivity contribution in [2.75, 3.05) is 0 Å². The molecule has 4 heterocycles. The van der Waals surface area contributed by atoms with E-state index < -0.39 is 0 Å². The van der Waals surface area contributed by atoms with Crippen LogP contribution in [0.1, 0.15) is 269 Å². The lowest BCUT2D eigenvalue weighted by Gasteiger charge is -2.22. The van der Waals surface area contributed by atoms with Gasteiger partial charge in [-0.3, -0.25) is 0 Å². The zero-order chi connectivity index (χ0) is 64.9. The maximum atomic E-state index is 2.43. The summed E-state index contributed by atoms with van der Waals surface area (Å²) in [5, 5.41) is 0. The Labute approximate surface area is 543 Å². The third kappa shape index (κ3) is 18.8. The Kier molecular flexibility index (Phi) is 25.1. The maximum Gasteiger partial charge on any atom is 0.212 e. The minimum atomic E-state index is 0.331. The van der Waals surface area contributed by atoms with Crippen molar-refractivity contribution in [1.82, 2.24) is 0 Å². The molecule has 4 heteroatoms. The van der Waals surface area contributed by atoms with Crippen LogP contribution in [-0.2, 0) is 34.6 Å². The number of rotatable bonds is 14. The molecule has 474 valence electrons. The second kappa shape index (κ2) is 32.0. The van der Waals surface area contributed by atoms with Gasteiger partial charge in [0.05, 0.1) is 0 Å². The highest BCUT2D eigenvalue weighted by Crippen LogP contribution is 2.38. The first-order valence-electron chi connectivity index (χ1n) is 34.7. The molecule has 2 aliphatic rings. The van der Waals surface area contributed by atoms with Gasteiger partial charge in [-0.25, -0.2) is 18.3 Å². The van der Waals surface area contributed by atoms with Crippen LogP contribution in [0.5, 0.6) is 0 Å². The van der Waals surface area contributed by atoms with Crippen LogP contribution in [0.25, 0.3) is 45.0 Å². The van der Waals surface area contributed by atoms with E-state index in [2.05, 4.69) is 310 Å². The van der Waals surface area contributed by atoms with Crippen molar-refractivity contribution in [3.63, 3.8) is 0 Å². The molecule has 0 radical (unpaired) electrons. The summed E-state index contributed by atoms with van der Waals surface area (Å²) >= 11 is 0. The maximum absolute atomic E-state index is 2.43. The molecule has 0 aliphatic heterocycles. The van der Waals surface area contributed by atoms with Gasteiger partial charge in [-0.1, -0.05) is 171 Å². The summed E-state index contributed by atoms with van der Waals surface area (Å²) in [6.45, 7) is 38.4. The SMILES string of the molecule is CCC(CC)c1ccc(-c2ccc(C(C)C)c[n+]2C)c(C)c1.Cc1cc(C2CCCC2)ccc1-c1ccc(C(C)C)c[n+]1C.Cc1cc(C2CCCCC2)ccc1-c1ccc(C(C)C)c[n+]1C.Cc1cc(CC(C)(C)C)ccc1-c1ccc(C(C)C)c[n+]1C. The zero-order valence-electron chi connectivity index (χ0n) is 59.7. The van der Waals surface area contributed by atoms with Gasteiger partial charge < -0.3 is 0 Å². The fourth-order valence-electron chi connectivity index (χ4n) is 13.9. The van der Waals surface area contributed by atoms with Gasteiger partial charge in [0, 0.05) is 68.8 Å². The fraction of sp³-hybridized carbons (Fsp3) is 0.482. The molecule has 0 amide bonds. The zero-order valence-corrected chi connectivity index (χ0v) is 59.7. The molecule has 4 aromatic carbocycles. The van der Waals surface area contributed by atoms with Crippen molar-refractivity contribution >= 4 is 0 Å². The molecule has 8 aromatic rings. The molecule has 0 unspecified atom stereocenters. The molecule has 4 aromatic heterocycles. The molecular weight excluding hydrogens is 1080 g/mol. The van der Waals surface area contributed by atoms with Crippen LogP contribution in [0.4, 0.5) is 0 Å². The molecule has 4 nitrogen and oxygen atoms in total. The van der Waals surface area contributed by atoms with E-state index >= 15 is 0 Å². The summed E-state index contributed by atoms with van der Waals surface area (Å²) in [6.07, 6.45) is 25.1. The number of hydrogen-bond acceptors (Lipinski definition) is 0. The van der Waals surface area contributed by atoms with Crippen LogP contribution in [0.15, 0.2) is 146 Å². The Balaban J connectivity index is 0.000000169. The van der Waals surface area contributed by atoms with Crippen LogP contribution in [0.2, 0.25) is 0 Å². The number of pyridine rings is 4. The first kappa shape index (κ1) is 69.9. The molecule has 2 fully saturated rings. The molecule has 0 atom stereocenters. The van der Waals surface area contributed by atoms with Crippen LogP contribution in [-0.4, -0.2) is 0 Å². The smallest absolute Gasteiger partial charge is 0.201 e. The monoisotopic (exact) mass is 1190 g/mol. The molecule has 2 saturated carbocycles. The van der Waals surface area contributed by atoms with Crippen molar-refractivity contribution in [3.8, 4) is 45.0 Å². The van der Waals surface area contributed by atoms with Crippen LogP contribution >= 0.6 is 0 Å². The van der Waals surface area contributed by atoms with Gasteiger partial charge in [0.25, 0.3) is 0 Å². The number of nitrogens with zero attached hydrogens (tertiary/aromatic N) is 4. The van der Waals surface area contributed by atoms with Gasteiger partial charge in [0.2, 0.25) is 22.8 Å². The quantitative estimate of drug-likeness (QED) is 0.0965. The van der Waals surface area contributed by atoms with Gasteiger partial charge >= 0.3 is 0 Å². The lowest BCUT2D eigenvalue weighted by Crippen LogP contribution is -2.31. The standard InChI is InChI=1S/C22H30N.C21H28N.2C21H30N/c1-16(2)20-11-13-22(23(4)15-20)21-12-10-19(14-17(21)3)18-8-6-5-7-9-18;1-15(2)19-10-12-21(22(4)14-19)20-11-9-18(13-16(20)3)17-7-5-6-8-17;1-15(2)18-9-11-20(22(7)14-18)19-10-8-17(12-16(19)3)13-21(4,5)6;1-7-17(8-2)18-9-11-20(16(5)13-18)21-12-10-19(15(3)4)14-22(21)6/h10-16,18H,5-9H2,1-4H3;9-15,17H,5-8H2,1-4H3;8-12,14-15H,13H2,1-7H3;9-15,17H,7-8H2,1-6H3/q4*+1. The highest BCUT2D eigenvalue weighted by Gasteiger charge is 2.23. The van der Waals surface area contributed by atoms with Gasteiger partial charge in [-0.15, -0.1) is 0 Å². The first-order chi connectivity index (χ1) is 42.3. The lowest BCUT2D eigenvalue weighted by molar-refractivity contribution is -0.661. The molecule has 89 heavy (non-hydrogen) atoms. The summed E-state index contributed by atoms with van der Waals surface area (Å²) in [5.74, 6) is 4.55. The van der Waals surface area contributed by atoms with E-state index in [1.165, 1.54) is 171 Å². The van der Waals surface area contributed by atoms with Gasteiger partial charge in [-0.2, -0.15) is 0 Å². The molecule has 0 spiro atoms. The van der Waals surface area contributed by atoms with Crippen molar-refractivity contribution < 1.29 is 18.3 Å². The van der Waals surface area contributed by atoms with E-state index in [0.717, 1.165) is 18.3 Å². The molecule has 2 aliphatic carbocycles. The number of hydrogen-bond donors (Lipinski definition) is 0. The van der Waals surface area contributed by atoms with E-state index in [1.807, 2.05) is 0 Å². The van der Waals surface area contributed by atoms with Crippen LogP contribution < -0.4 is 18.3 Å². The normalized spacial score (nSPS) is 13.8. The van der Waals surface area contributed by atoms with Gasteiger partial charge in [0.15, 0.2) is 24.8 Å². The summed E-state index contributed by atoms with van der Waals surface area (Å²) in [4.78, 5) is 0.